The fourth-order valence-corrected chi connectivity index (χ4v) is 3.41. The number of pyridine rings is 1. The topological polar surface area (TPSA) is 104 Å². The zero-order chi connectivity index (χ0) is 19.4. The highest BCUT2D eigenvalue weighted by Gasteiger charge is 2.32. The van der Waals surface area contributed by atoms with E-state index < -0.39 is 23.1 Å². The molecule has 1 amide bonds. The lowest BCUT2D eigenvalue weighted by Gasteiger charge is -2.04. The number of thioether (sulfide) groups is 1. The van der Waals surface area contributed by atoms with E-state index in [4.69, 9.17) is 5.11 Å². The van der Waals surface area contributed by atoms with E-state index in [1.54, 1.807) is 6.07 Å². The van der Waals surface area contributed by atoms with E-state index in [1.165, 1.54) is 18.5 Å². The number of carbonyl (C=O) groups is 2. The van der Waals surface area contributed by atoms with Crippen molar-refractivity contribution < 1.29 is 19.1 Å². The summed E-state index contributed by atoms with van der Waals surface area (Å²) in [5, 5.41) is 18.7. The van der Waals surface area contributed by atoms with Crippen LogP contribution in [0.3, 0.4) is 0 Å². The van der Waals surface area contributed by atoms with Crippen LogP contribution in [0.15, 0.2) is 46.7 Å². The Labute approximate surface area is 158 Å². The van der Waals surface area contributed by atoms with Crippen molar-refractivity contribution in [2.75, 3.05) is 0 Å². The number of aliphatic carboxylic acids is 1. The van der Waals surface area contributed by atoms with E-state index in [0.717, 1.165) is 34.0 Å². The molecule has 0 bridgehead atoms. The molecule has 0 saturated carbocycles. The number of carboxylic acid groups (broad SMARTS) is 1. The van der Waals surface area contributed by atoms with E-state index in [0.29, 0.717) is 0 Å². The minimum Gasteiger partial charge on any atom is -0.481 e. The van der Waals surface area contributed by atoms with Crippen LogP contribution in [-0.4, -0.2) is 38.6 Å². The number of nitrogens with zero attached hydrogens (tertiary/aromatic N) is 3. The van der Waals surface area contributed by atoms with Crippen molar-refractivity contribution >= 4 is 35.0 Å². The number of halogens is 1. The standard InChI is InChI=1S/C18H15FN4O3S/c1-10-4-11(6-13(5-10)12-2-3-15(19)20-9-12)8-21-23-18-22-17(26)14(27-18)7-16(24)25/h2-6,8-9,14H,7H2,1H3,(H,24,25)(H,22,23,26). The SMILES string of the molecule is Cc1cc(C=NN=C2NC(=O)C(CC(=O)O)S2)cc(-c2ccc(F)nc2)c1. The summed E-state index contributed by atoms with van der Waals surface area (Å²) in [5.41, 5.74) is 3.39. The molecule has 2 heterocycles. The molecule has 1 saturated heterocycles. The summed E-state index contributed by atoms with van der Waals surface area (Å²) in [6.45, 7) is 1.92. The van der Waals surface area contributed by atoms with Crippen LogP contribution in [0.2, 0.25) is 0 Å². The van der Waals surface area contributed by atoms with Crippen LogP contribution in [0, 0.1) is 12.9 Å². The second-order valence-electron chi connectivity index (χ2n) is 5.85. The van der Waals surface area contributed by atoms with Crippen molar-refractivity contribution in [3.8, 4) is 11.1 Å². The van der Waals surface area contributed by atoms with Gasteiger partial charge in [0.25, 0.3) is 0 Å². The second kappa shape index (κ2) is 8.09. The molecule has 9 heteroatoms. The quantitative estimate of drug-likeness (QED) is 0.467. The molecular formula is C18H15FN4O3S. The largest absolute Gasteiger partial charge is 0.481 e. The molecule has 7 nitrogen and oxygen atoms in total. The van der Waals surface area contributed by atoms with Gasteiger partial charge in [-0.1, -0.05) is 23.9 Å². The fraction of sp³-hybridized carbons (Fsp3) is 0.167. The van der Waals surface area contributed by atoms with Gasteiger partial charge in [0.15, 0.2) is 5.17 Å². The number of carboxylic acids is 1. The molecule has 1 aliphatic heterocycles. The van der Waals surface area contributed by atoms with Crippen LogP contribution in [0.25, 0.3) is 11.1 Å². The molecule has 2 aromatic rings. The maximum atomic E-state index is 13.0. The normalized spacial score (nSPS) is 18.2. The van der Waals surface area contributed by atoms with Crippen molar-refractivity contribution in [2.45, 2.75) is 18.6 Å². The molecule has 0 spiro atoms. The summed E-state index contributed by atoms with van der Waals surface area (Å²) in [6, 6.07) is 8.65. The van der Waals surface area contributed by atoms with E-state index in [-0.39, 0.29) is 11.6 Å². The molecule has 1 fully saturated rings. The summed E-state index contributed by atoms with van der Waals surface area (Å²) >= 11 is 1.04. The Morgan fingerprint density at radius 2 is 2.19 bits per heavy atom. The lowest BCUT2D eigenvalue weighted by molar-refractivity contribution is -0.138. The Morgan fingerprint density at radius 1 is 1.37 bits per heavy atom. The van der Waals surface area contributed by atoms with Gasteiger partial charge in [-0.15, -0.1) is 5.10 Å². The number of amidine groups is 1. The maximum Gasteiger partial charge on any atom is 0.305 e. The number of hydrogen-bond acceptors (Lipinski definition) is 6. The van der Waals surface area contributed by atoms with Crippen molar-refractivity contribution in [1.29, 1.82) is 0 Å². The first kappa shape index (κ1) is 18.7. The number of hydrogen-bond donors (Lipinski definition) is 2. The summed E-state index contributed by atoms with van der Waals surface area (Å²) in [7, 11) is 0. The van der Waals surface area contributed by atoms with E-state index in [2.05, 4.69) is 20.5 Å². The van der Waals surface area contributed by atoms with Crippen LogP contribution in [0.1, 0.15) is 17.5 Å². The maximum absolute atomic E-state index is 13.0. The average Bonchev–Trinajstić information content (AvgIpc) is 2.94. The summed E-state index contributed by atoms with van der Waals surface area (Å²) in [6.07, 6.45) is 2.71. The van der Waals surface area contributed by atoms with Gasteiger partial charge in [-0.05, 0) is 41.8 Å². The van der Waals surface area contributed by atoms with E-state index >= 15 is 0 Å². The first-order chi connectivity index (χ1) is 12.9. The first-order valence-electron chi connectivity index (χ1n) is 7.94. The molecule has 27 heavy (non-hydrogen) atoms. The molecular weight excluding hydrogens is 371 g/mol. The van der Waals surface area contributed by atoms with Crippen LogP contribution in [0.4, 0.5) is 4.39 Å². The lowest BCUT2D eigenvalue weighted by atomic mass is 10.0. The summed E-state index contributed by atoms with van der Waals surface area (Å²) in [4.78, 5) is 26.0. The first-order valence-corrected chi connectivity index (χ1v) is 8.82. The number of aromatic nitrogens is 1. The second-order valence-corrected chi connectivity index (χ2v) is 7.04. The van der Waals surface area contributed by atoms with Crippen molar-refractivity contribution in [1.82, 2.24) is 10.3 Å². The molecule has 0 radical (unpaired) electrons. The fourth-order valence-electron chi connectivity index (χ4n) is 2.49. The Kier molecular flexibility index (Phi) is 5.60. The number of aryl methyl sites for hydroxylation is 1. The molecule has 0 aliphatic carbocycles. The lowest BCUT2D eigenvalue weighted by Crippen LogP contribution is -2.26. The highest BCUT2D eigenvalue weighted by Crippen LogP contribution is 2.23. The highest BCUT2D eigenvalue weighted by atomic mass is 32.2. The zero-order valence-electron chi connectivity index (χ0n) is 14.2. The third kappa shape index (κ3) is 4.98. The molecule has 138 valence electrons. The minimum atomic E-state index is -1.05. The van der Waals surface area contributed by atoms with Crippen molar-refractivity contribution in [3.05, 3.63) is 53.6 Å². The van der Waals surface area contributed by atoms with Crippen LogP contribution >= 0.6 is 11.8 Å². The third-order valence-electron chi connectivity index (χ3n) is 3.65. The molecule has 1 aromatic heterocycles. The van der Waals surface area contributed by atoms with Crippen molar-refractivity contribution in [2.24, 2.45) is 10.2 Å². The molecule has 1 aromatic carbocycles. The van der Waals surface area contributed by atoms with Gasteiger partial charge in [-0.25, -0.2) is 4.98 Å². The van der Waals surface area contributed by atoms with Gasteiger partial charge in [0.1, 0.15) is 5.25 Å². The predicted octanol–water partition coefficient (Wildman–Crippen LogP) is 2.59. The van der Waals surface area contributed by atoms with Gasteiger partial charge in [-0.3, -0.25) is 9.59 Å². The minimum absolute atomic E-state index is 0.262. The number of benzene rings is 1. The predicted molar refractivity (Wildman–Crippen MR) is 101 cm³/mol. The zero-order valence-corrected chi connectivity index (χ0v) is 15.0. The number of amides is 1. The van der Waals surface area contributed by atoms with Gasteiger partial charge in [0, 0.05) is 11.8 Å². The van der Waals surface area contributed by atoms with Crippen LogP contribution < -0.4 is 5.32 Å². The Bertz CT molecular complexity index is 944. The molecule has 2 N–H and O–H groups in total. The molecule has 1 aliphatic rings. The Balaban J connectivity index is 1.75. The van der Waals surface area contributed by atoms with E-state index in [9.17, 15) is 14.0 Å². The number of nitrogens with one attached hydrogen (secondary N) is 1. The smallest absolute Gasteiger partial charge is 0.305 e. The molecule has 3 rings (SSSR count). The Morgan fingerprint density at radius 3 is 2.89 bits per heavy atom. The van der Waals surface area contributed by atoms with Gasteiger partial charge >= 0.3 is 5.97 Å². The molecule has 1 atom stereocenters. The van der Waals surface area contributed by atoms with Gasteiger partial charge in [0.2, 0.25) is 11.9 Å². The van der Waals surface area contributed by atoms with Crippen molar-refractivity contribution in [3.63, 3.8) is 0 Å². The van der Waals surface area contributed by atoms with E-state index in [1.807, 2.05) is 25.1 Å². The highest BCUT2D eigenvalue weighted by molar-refractivity contribution is 8.15. The monoisotopic (exact) mass is 386 g/mol. The van der Waals surface area contributed by atoms with Crippen LogP contribution in [-0.2, 0) is 9.59 Å². The summed E-state index contributed by atoms with van der Waals surface area (Å²) < 4.78 is 13.0. The average molecular weight is 386 g/mol. The summed E-state index contributed by atoms with van der Waals surface area (Å²) in [5.74, 6) is -1.98. The van der Waals surface area contributed by atoms with Gasteiger partial charge in [-0.2, -0.15) is 9.49 Å². The van der Waals surface area contributed by atoms with Crippen LogP contribution in [0.5, 0.6) is 0 Å². The van der Waals surface area contributed by atoms with Gasteiger partial charge in [0.05, 0.1) is 12.6 Å². The number of carbonyl (C=O) groups excluding carboxylic acids is 1. The molecule has 1 unspecified atom stereocenters. The Hall–Kier alpha value is -3.07. The van der Waals surface area contributed by atoms with Gasteiger partial charge < -0.3 is 10.4 Å². The number of rotatable bonds is 5. The third-order valence-corrected chi connectivity index (χ3v) is 4.72.